The summed E-state index contributed by atoms with van der Waals surface area (Å²) in [6, 6.07) is 12.5. The van der Waals surface area contributed by atoms with E-state index < -0.39 is 0 Å². The largest absolute Gasteiger partial charge is 0.497 e. The monoisotopic (exact) mass is 425 g/mol. The van der Waals surface area contributed by atoms with E-state index >= 15 is 0 Å². The summed E-state index contributed by atoms with van der Waals surface area (Å²) < 4.78 is 16.0. The average Bonchev–Trinajstić information content (AvgIpc) is 3.11. The van der Waals surface area contributed by atoms with Gasteiger partial charge in [0.25, 0.3) is 11.8 Å². The van der Waals surface area contributed by atoms with Crippen molar-refractivity contribution in [3.8, 4) is 28.5 Å². The van der Waals surface area contributed by atoms with E-state index in [1.807, 2.05) is 19.1 Å². The molecule has 0 aliphatic carbocycles. The molecule has 1 aliphatic heterocycles. The molecule has 30 heavy (non-hydrogen) atoms. The van der Waals surface area contributed by atoms with Crippen molar-refractivity contribution in [3.63, 3.8) is 0 Å². The number of rotatable bonds is 6. The van der Waals surface area contributed by atoms with Gasteiger partial charge in [-0.25, -0.2) is 4.98 Å². The Morgan fingerprint density at radius 2 is 2.10 bits per heavy atom. The number of hydrogen-bond acceptors (Lipinski definition) is 7. The third-order valence-electron chi connectivity index (χ3n) is 4.34. The number of benzene rings is 2. The third kappa shape index (κ3) is 4.36. The van der Waals surface area contributed by atoms with Gasteiger partial charge < -0.3 is 19.5 Å². The van der Waals surface area contributed by atoms with Crippen LogP contribution < -0.4 is 24.8 Å². The second-order valence-corrected chi connectivity index (χ2v) is 7.69. The van der Waals surface area contributed by atoms with Crippen molar-refractivity contribution in [1.29, 1.82) is 0 Å². The minimum Gasteiger partial charge on any atom is -0.497 e. The quantitative estimate of drug-likeness (QED) is 0.627. The predicted molar refractivity (Wildman–Crippen MR) is 114 cm³/mol. The van der Waals surface area contributed by atoms with Gasteiger partial charge in [-0.3, -0.25) is 14.9 Å². The molecule has 9 heteroatoms. The summed E-state index contributed by atoms with van der Waals surface area (Å²) in [7, 11) is 1.57. The minimum atomic E-state index is -0.316. The summed E-state index contributed by atoms with van der Waals surface area (Å²) in [5.41, 5.74) is 2.15. The van der Waals surface area contributed by atoms with Gasteiger partial charge in [0.05, 0.1) is 18.5 Å². The van der Waals surface area contributed by atoms with E-state index in [4.69, 9.17) is 14.2 Å². The lowest BCUT2D eigenvalue weighted by molar-refractivity contribution is -0.119. The van der Waals surface area contributed by atoms with E-state index in [2.05, 4.69) is 15.6 Å². The fraction of sp³-hybridized carbons (Fsp3) is 0.190. The van der Waals surface area contributed by atoms with E-state index in [-0.39, 0.29) is 25.0 Å². The minimum absolute atomic E-state index is 0.0100. The van der Waals surface area contributed by atoms with Crippen molar-refractivity contribution >= 4 is 34.0 Å². The Hall–Kier alpha value is -3.59. The highest BCUT2D eigenvalue weighted by molar-refractivity contribution is 7.16. The standard InChI is InChI=1S/C21H19N3O5S/c1-12-20(13-6-7-17-16(8-13)22-18(25)11-29-17)24-21(30-12)23-19(26)10-28-15-5-3-4-14(9-15)27-2/h3-9H,10-11H2,1-2H3,(H,22,25)(H,23,24,26). The Bertz CT molecular complexity index is 1110. The van der Waals surface area contributed by atoms with E-state index in [0.717, 1.165) is 16.1 Å². The number of aromatic nitrogens is 1. The Morgan fingerprint density at radius 1 is 1.27 bits per heavy atom. The van der Waals surface area contributed by atoms with Gasteiger partial charge in [-0.2, -0.15) is 0 Å². The molecule has 154 valence electrons. The van der Waals surface area contributed by atoms with E-state index in [1.54, 1.807) is 37.4 Å². The number of nitrogens with one attached hydrogen (secondary N) is 2. The van der Waals surface area contributed by atoms with E-state index in [9.17, 15) is 9.59 Å². The molecule has 0 atom stereocenters. The zero-order valence-corrected chi connectivity index (χ0v) is 17.2. The topological polar surface area (TPSA) is 98.8 Å². The van der Waals surface area contributed by atoms with Crippen LogP contribution >= 0.6 is 11.3 Å². The molecule has 2 aromatic carbocycles. The normalized spacial score (nSPS) is 12.4. The van der Waals surface area contributed by atoms with Gasteiger partial charge in [0.2, 0.25) is 0 Å². The third-order valence-corrected chi connectivity index (χ3v) is 5.23. The van der Waals surface area contributed by atoms with Crippen molar-refractivity contribution in [2.45, 2.75) is 6.92 Å². The first-order valence-electron chi connectivity index (χ1n) is 9.13. The first-order chi connectivity index (χ1) is 14.5. The molecule has 8 nitrogen and oxygen atoms in total. The van der Waals surface area contributed by atoms with Crippen LogP contribution in [0.3, 0.4) is 0 Å². The number of nitrogens with zero attached hydrogens (tertiary/aromatic N) is 1. The van der Waals surface area contributed by atoms with Gasteiger partial charge in [-0.15, -0.1) is 11.3 Å². The number of thiazole rings is 1. The fourth-order valence-corrected chi connectivity index (χ4v) is 3.80. The van der Waals surface area contributed by atoms with Gasteiger partial charge >= 0.3 is 0 Å². The number of carbonyl (C=O) groups is 2. The number of carbonyl (C=O) groups excluding carboxylic acids is 2. The summed E-state index contributed by atoms with van der Waals surface area (Å²) in [5, 5.41) is 6.02. The van der Waals surface area contributed by atoms with Crippen LogP contribution in [-0.2, 0) is 9.59 Å². The maximum absolute atomic E-state index is 12.3. The van der Waals surface area contributed by atoms with Gasteiger partial charge in [-0.1, -0.05) is 6.07 Å². The van der Waals surface area contributed by atoms with Crippen LogP contribution in [0.5, 0.6) is 17.2 Å². The highest BCUT2D eigenvalue weighted by Crippen LogP contribution is 2.36. The Labute approximate surface area is 176 Å². The van der Waals surface area contributed by atoms with Crippen molar-refractivity contribution in [3.05, 3.63) is 47.3 Å². The molecule has 3 aromatic rings. The molecule has 0 spiro atoms. The van der Waals surface area contributed by atoms with Gasteiger partial charge in [-0.05, 0) is 37.3 Å². The highest BCUT2D eigenvalue weighted by Gasteiger charge is 2.18. The maximum atomic E-state index is 12.3. The first kappa shape index (κ1) is 19.7. The molecule has 0 unspecified atom stereocenters. The lowest BCUT2D eigenvalue weighted by Gasteiger charge is -2.18. The number of hydrogen-bond donors (Lipinski definition) is 2. The Kier molecular flexibility index (Phi) is 5.53. The first-order valence-corrected chi connectivity index (χ1v) is 9.94. The number of fused-ring (bicyclic) bond motifs is 1. The second-order valence-electron chi connectivity index (χ2n) is 6.49. The molecular weight excluding hydrogens is 406 g/mol. The van der Waals surface area contributed by atoms with E-state index in [1.165, 1.54) is 11.3 Å². The van der Waals surface area contributed by atoms with Crippen LogP contribution in [-0.4, -0.2) is 37.1 Å². The Morgan fingerprint density at radius 3 is 2.93 bits per heavy atom. The summed E-state index contributed by atoms with van der Waals surface area (Å²) in [6.07, 6.45) is 0. The Balaban J connectivity index is 1.43. The van der Waals surface area contributed by atoms with Crippen LogP contribution in [0, 0.1) is 6.92 Å². The molecule has 0 bridgehead atoms. The predicted octanol–water partition coefficient (Wildman–Crippen LogP) is 3.48. The van der Waals surface area contributed by atoms with Crippen molar-refractivity contribution in [2.75, 3.05) is 31.0 Å². The number of amides is 2. The molecule has 0 radical (unpaired) electrons. The average molecular weight is 425 g/mol. The smallest absolute Gasteiger partial charge is 0.264 e. The van der Waals surface area contributed by atoms with Gasteiger partial charge in [0, 0.05) is 16.5 Å². The van der Waals surface area contributed by atoms with Gasteiger partial charge in [0.15, 0.2) is 18.3 Å². The fourth-order valence-electron chi connectivity index (χ4n) is 2.94. The lowest BCUT2D eigenvalue weighted by Crippen LogP contribution is -2.25. The molecular formula is C21H19N3O5S. The zero-order chi connectivity index (χ0) is 21.1. The molecule has 0 saturated heterocycles. The highest BCUT2D eigenvalue weighted by atomic mass is 32.1. The van der Waals surface area contributed by atoms with Crippen LogP contribution in [0.4, 0.5) is 10.8 Å². The number of methoxy groups -OCH3 is 1. The molecule has 1 aliphatic rings. The number of anilines is 2. The van der Waals surface area contributed by atoms with Crippen molar-refractivity contribution in [2.24, 2.45) is 0 Å². The van der Waals surface area contributed by atoms with Crippen molar-refractivity contribution in [1.82, 2.24) is 4.98 Å². The molecule has 0 saturated carbocycles. The van der Waals surface area contributed by atoms with Crippen LogP contribution in [0.1, 0.15) is 4.88 Å². The summed E-state index contributed by atoms with van der Waals surface area (Å²) in [5.74, 6) is 1.30. The summed E-state index contributed by atoms with van der Waals surface area (Å²) >= 11 is 1.37. The van der Waals surface area contributed by atoms with Crippen LogP contribution in [0.15, 0.2) is 42.5 Å². The number of aryl methyl sites for hydroxylation is 1. The van der Waals surface area contributed by atoms with Gasteiger partial charge in [0.1, 0.15) is 17.2 Å². The van der Waals surface area contributed by atoms with Crippen molar-refractivity contribution < 1.29 is 23.8 Å². The zero-order valence-electron chi connectivity index (χ0n) is 16.4. The van der Waals surface area contributed by atoms with E-state index in [0.29, 0.717) is 28.1 Å². The molecule has 1 aromatic heterocycles. The molecule has 4 rings (SSSR count). The number of ether oxygens (including phenoxy) is 3. The molecule has 0 fully saturated rings. The lowest BCUT2D eigenvalue weighted by atomic mass is 10.1. The second kappa shape index (κ2) is 8.42. The molecule has 2 N–H and O–H groups in total. The summed E-state index contributed by atoms with van der Waals surface area (Å²) in [4.78, 5) is 29.3. The molecule has 2 amide bonds. The SMILES string of the molecule is COc1cccc(OCC(=O)Nc2nc(-c3ccc4c(c3)NC(=O)CO4)c(C)s2)c1. The van der Waals surface area contributed by atoms with Crippen LogP contribution in [0.25, 0.3) is 11.3 Å². The molecule has 2 heterocycles. The maximum Gasteiger partial charge on any atom is 0.264 e. The summed E-state index contributed by atoms with van der Waals surface area (Å²) in [6.45, 7) is 1.78. The van der Waals surface area contributed by atoms with Crippen LogP contribution in [0.2, 0.25) is 0 Å².